The molecule has 1 aliphatic rings. The van der Waals surface area contributed by atoms with Gasteiger partial charge in [0.1, 0.15) is 0 Å². The molecule has 1 saturated heterocycles. The van der Waals surface area contributed by atoms with E-state index in [1.165, 1.54) is 23.9 Å². The van der Waals surface area contributed by atoms with Crippen molar-refractivity contribution in [2.45, 2.75) is 25.8 Å². The fourth-order valence-corrected chi connectivity index (χ4v) is 1.85. The lowest BCUT2D eigenvalue weighted by Gasteiger charge is -2.25. The number of aromatic nitrogens is 3. The van der Waals surface area contributed by atoms with E-state index >= 15 is 0 Å². The lowest BCUT2D eigenvalue weighted by Crippen LogP contribution is -2.31. The fraction of sp³-hybridized carbons (Fsp3) is 0.750. The van der Waals surface area contributed by atoms with Crippen molar-refractivity contribution < 1.29 is 0 Å². The predicted octanol–water partition coefficient (Wildman–Crippen LogP) is -0.737. The van der Waals surface area contributed by atoms with Gasteiger partial charge in [0.2, 0.25) is 0 Å². The summed E-state index contributed by atoms with van der Waals surface area (Å²) in [5, 5.41) is 7.81. The quantitative estimate of drug-likeness (QED) is 0.450. The van der Waals surface area contributed by atoms with Gasteiger partial charge in [0.05, 0.1) is 6.54 Å². The van der Waals surface area contributed by atoms with E-state index in [1.54, 1.807) is 0 Å². The number of hydrogen-bond acceptors (Lipinski definition) is 6. The highest BCUT2D eigenvalue weighted by Crippen LogP contribution is 2.12. The molecule has 15 heavy (non-hydrogen) atoms. The molecule has 1 aliphatic heterocycles. The first-order valence-corrected chi connectivity index (χ1v) is 5.19. The van der Waals surface area contributed by atoms with Crippen molar-refractivity contribution >= 4 is 5.95 Å². The van der Waals surface area contributed by atoms with Crippen LogP contribution in [-0.4, -0.2) is 32.9 Å². The number of nitrogen functional groups attached to an aromatic ring is 2. The standard InChI is InChI=1S/C8H17N7/c9-11-8-13-12-7(15(8)10)6-14-4-2-1-3-5-14/h1-6,9-10H2,(H,11,13). The molecule has 7 heteroatoms. The zero-order chi connectivity index (χ0) is 10.7. The van der Waals surface area contributed by atoms with Gasteiger partial charge in [-0.25, -0.2) is 10.5 Å². The highest BCUT2D eigenvalue weighted by molar-refractivity contribution is 5.23. The first kappa shape index (κ1) is 10.2. The Bertz CT molecular complexity index is 315. The molecule has 7 nitrogen and oxygen atoms in total. The summed E-state index contributed by atoms with van der Waals surface area (Å²) < 4.78 is 1.40. The Hall–Kier alpha value is -1.34. The highest BCUT2D eigenvalue weighted by atomic mass is 15.5. The molecule has 1 fully saturated rings. The lowest BCUT2D eigenvalue weighted by molar-refractivity contribution is 0.214. The first-order chi connectivity index (χ1) is 7.31. The molecule has 1 aromatic rings. The summed E-state index contributed by atoms with van der Waals surface area (Å²) in [6, 6.07) is 0. The maximum atomic E-state index is 5.75. The van der Waals surface area contributed by atoms with E-state index in [4.69, 9.17) is 11.7 Å². The molecule has 0 amide bonds. The molecule has 2 rings (SSSR count). The van der Waals surface area contributed by atoms with E-state index in [-0.39, 0.29) is 0 Å². The number of nitrogens with one attached hydrogen (secondary N) is 1. The van der Waals surface area contributed by atoms with Gasteiger partial charge in [0, 0.05) is 0 Å². The molecule has 0 aliphatic carbocycles. The van der Waals surface area contributed by atoms with Crippen LogP contribution in [0.5, 0.6) is 0 Å². The number of hydrazine groups is 1. The summed E-state index contributed by atoms with van der Waals surface area (Å²) in [7, 11) is 0. The van der Waals surface area contributed by atoms with Crippen LogP contribution in [0.25, 0.3) is 0 Å². The van der Waals surface area contributed by atoms with Crippen LogP contribution in [0.4, 0.5) is 5.95 Å². The van der Waals surface area contributed by atoms with Crippen LogP contribution in [0, 0.1) is 0 Å². The summed E-state index contributed by atoms with van der Waals surface area (Å²) in [6.07, 6.45) is 3.82. The summed E-state index contributed by atoms with van der Waals surface area (Å²) in [6.45, 7) is 2.96. The number of nitrogens with zero attached hydrogens (tertiary/aromatic N) is 4. The van der Waals surface area contributed by atoms with Crippen LogP contribution >= 0.6 is 0 Å². The van der Waals surface area contributed by atoms with Crippen molar-refractivity contribution in [3.8, 4) is 0 Å². The van der Waals surface area contributed by atoms with Gasteiger partial charge >= 0.3 is 0 Å². The minimum atomic E-state index is 0.391. The second-order valence-corrected chi connectivity index (χ2v) is 3.79. The smallest absolute Gasteiger partial charge is 0.257 e. The van der Waals surface area contributed by atoms with Gasteiger partial charge in [-0.05, 0) is 25.9 Å². The van der Waals surface area contributed by atoms with Crippen LogP contribution in [0.2, 0.25) is 0 Å². The summed E-state index contributed by atoms with van der Waals surface area (Å²) in [5.41, 5.74) is 2.40. The zero-order valence-electron chi connectivity index (χ0n) is 8.69. The second kappa shape index (κ2) is 4.45. The Balaban J connectivity index is 2.00. The third-order valence-corrected chi connectivity index (χ3v) is 2.71. The Morgan fingerprint density at radius 3 is 2.53 bits per heavy atom. The monoisotopic (exact) mass is 211 g/mol. The Kier molecular flexibility index (Phi) is 3.02. The molecule has 0 unspecified atom stereocenters. The second-order valence-electron chi connectivity index (χ2n) is 3.79. The van der Waals surface area contributed by atoms with Crippen molar-refractivity contribution in [1.29, 1.82) is 0 Å². The molecule has 5 N–H and O–H groups in total. The summed E-state index contributed by atoms with van der Waals surface area (Å²) >= 11 is 0. The largest absolute Gasteiger partial charge is 0.335 e. The summed E-state index contributed by atoms with van der Waals surface area (Å²) in [5.74, 6) is 12.1. The molecule has 84 valence electrons. The first-order valence-electron chi connectivity index (χ1n) is 5.19. The third-order valence-electron chi connectivity index (χ3n) is 2.71. The van der Waals surface area contributed by atoms with Gasteiger partial charge in [-0.1, -0.05) is 6.42 Å². The number of likely N-dealkylation sites (tertiary alicyclic amines) is 1. The van der Waals surface area contributed by atoms with Crippen LogP contribution in [0.15, 0.2) is 0 Å². The normalized spacial score (nSPS) is 17.9. The number of hydrogen-bond donors (Lipinski definition) is 3. The van der Waals surface area contributed by atoms with Gasteiger partial charge in [0.15, 0.2) is 5.82 Å². The van der Waals surface area contributed by atoms with E-state index in [0.717, 1.165) is 25.5 Å². The van der Waals surface area contributed by atoms with Crippen LogP contribution in [0.1, 0.15) is 25.1 Å². The van der Waals surface area contributed by atoms with Crippen molar-refractivity contribution in [3.63, 3.8) is 0 Å². The van der Waals surface area contributed by atoms with E-state index in [2.05, 4.69) is 20.5 Å². The minimum absolute atomic E-state index is 0.391. The zero-order valence-corrected chi connectivity index (χ0v) is 8.69. The van der Waals surface area contributed by atoms with E-state index < -0.39 is 0 Å². The van der Waals surface area contributed by atoms with Gasteiger partial charge in [-0.3, -0.25) is 10.3 Å². The Morgan fingerprint density at radius 1 is 1.20 bits per heavy atom. The van der Waals surface area contributed by atoms with E-state index in [0.29, 0.717) is 5.95 Å². The number of rotatable bonds is 3. The molecule has 0 radical (unpaired) electrons. The maximum Gasteiger partial charge on any atom is 0.257 e. The third kappa shape index (κ3) is 2.18. The van der Waals surface area contributed by atoms with Crippen LogP contribution < -0.4 is 17.1 Å². The van der Waals surface area contributed by atoms with Gasteiger partial charge in [-0.15, -0.1) is 10.2 Å². The van der Waals surface area contributed by atoms with Gasteiger partial charge < -0.3 is 5.84 Å². The molecule has 0 spiro atoms. The lowest BCUT2D eigenvalue weighted by atomic mass is 10.1. The van der Waals surface area contributed by atoms with Gasteiger partial charge in [-0.2, -0.15) is 0 Å². The van der Waals surface area contributed by atoms with Crippen molar-refractivity contribution in [1.82, 2.24) is 19.8 Å². The van der Waals surface area contributed by atoms with Crippen molar-refractivity contribution in [2.75, 3.05) is 24.4 Å². The molecule has 0 atom stereocenters. The summed E-state index contributed by atoms with van der Waals surface area (Å²) in [4.78, 5) is 2.33. The fourth-order valence-electron chi connectivity index (χ4n) is 1.85. The predicted molar refractivity (Wildman–Crippen MR) is 57.1 cm³/mol. The average Bonchev–Trinajstić information content (AvgIpc) is 2.62. The highest BCUT2D eigenvalue weighted by Gasteiger charge is 2.15. The van der Waals surface area contributed by atoms with Crippen LogP contribution in [0.3, 0.4) is 0 Å². The topological polar surface area (TPSA) is 98.0 Å². The number of piperidine rings is 1. The Labute approximate surface area is 88.4 Å². The number of nitrogens with two attached hydrogens (primary N) is 2. The van der Waals surface area contributed by atoms with Crippen molar-refractivity contribution in [3.05, 3.63) is 5.82 Å². The molecule has 0 saturated carbocycles. The van der Waals surface area contributed by atoms with E-state index in [9.17, 15) is 0 Å². The Morgan fingerprint density at radius 2 is 1.93 bits per heavy atom. The number of anilines is 1. The molecule has 0 bridgehead atoms. The molecular weight excluding hydrogens is 194 g/mol. The maximum absolute atomic E-state index is 5.75. The molecular formula is C8H17N7. The SMILES string of the molecule is NNc1nnc(CN2CCCCC2)n1N. The van der Waals surface area contributed by atoms with Crippen LogP contribution in [-0.2, 0) is 6.54 Å². The average molecular weight is 211 g/mol. The van der Waals surface area contributed by atoms with E-state index in [1.807, 2.05) is 0 Å². The molecule has 2 heterocycles. The molecule has 1 aromatic heterocycles. The van der Waals surface area contributed by atoms with Gasteiger partial charge in [0.25, 0.3) is 5.95 Å². The van der Waals surface area contributed by atoms with Crippen molar-refractivity contribution in [2.24, 2.45) is 5.84 Å². The molecule has 0 aromatic carbocycles. The minimum Gasteiger partial charge on any atom is -0.335 e.